The van der Waals surface area contributed by atoms with Crippen LogP contribution in [0.3, 0.4) is 0 Å². The first-order valence-corrected chi connectivity index (χ1v) is 9.52. The number of rotatable bonds is 6. The molecule has 0 unspecified atom stereocenters. The number of hydrogen-bond donors (Lipinski definition) is 3. The first-order chi connectivity index (χ1) is 13.1. The number of ether oxygens (including phenoxy) is 1. The van der Waals surface area contributed by atoms with E-state index < -0.39 is 0 Å². The number of nitrogens with zero attached hydrogens (tertiary/aromatic N) is 3. The van der Waals surface area contributed by atoms with Crippen LogP contribution in [0.4, 0.5) is 11.6 Å². The third-order valence-electron chi connectivity index (χ3n) is 5.71. The lowest BCUT2D eigenvalue weighted by molar-refractivity contribution is 0.192. The number of benzene rings is 1. The molecule has 2 aromatic rings. The molecule has 27 heavy (non-hydrogen) atoms. The van der Waals surface area contributed by atoms with Crippen molar-refractivity contribution >= 4 is 11.6 Å². The van der Waals surface area contributed by atoms with Crippen molar-refractivity contribution in [1.29, 1.82) is 0 Å². The van der Waals surface area contributed by atoms with Crippen molar-refractivity contribution in [2.75, 3.05) is 30.8 Å². The van der Waals surface area contributed by atoms with Gasteiger partial charge in [-0.25, -0.2) is 9.97 Å². The normalized spacial score (nSPS) is 27.4. The second kappa shape index (κ2) is 7.70. The zero-order valence-corrected chi connectivity index (χ0v) is 15.6. The third kappa shape index (κ3) is 3.99. The minimum absolute atomic E-state index is 0.213. The Morgan fingerprint density at radius 1 is 1.26 bits per heavy atom. The second-order valence-electron chi connectivity index (χ2n) is 7.55. The van der Waals surface area contributed by atoms with Crippen molar-refractivity contribution < 1.29 is 9.84 Å². The van der Waals surface area contributed by atoms with Gasteiger partial charge in [0.2, 0.25) is 0 Å². The van der Waals surface area contributed by atoms with Gasteiger partial charge in [0.15, 0.2) is 0 Å². The minimum Gasteiger partial charge on any atom is -0.497 e. The molecular weight excluding hydrogens is 342 g/mol. The van der Waals surface area contributed by atoms with Crippen LogP contribution in [0, 0.1) is 0 Å². The Morgan fingerprint density at radius 2 is 2.11 bits per heavy atom. The number of β-amino-alcohol motifs (C(OH)–C–C–N with tert-alkyl or cyclic N) is 1. The molecule has 0 bridgehead atoms. The number of nitrogen functional groups attached to an aromatic ring is 1. The van der Waals surface area contributed by atoms with E-state index in [2.05, 4.69) is 38.4 Å². The highest BCUT2D eigenvalue weighted by Gasteiger charge is 2.35. The Morgan fingerprint density at radius 3 is 2.89 bits per heavy atom. The molecule has 7 heteroatoms. The van der Waals surface area contributed by atoms with Crippen molar-refractivity contribution in [3.63, 3.8) is 0 Å². The van der Waals surface area contributed by atoms with Crippen LogP contribution >= 0.6 is 0 Å². The lowest BCUT2D eigenvalue weighted by Crippen LogP contribution is -2.46. The molecule has 0 radical (unpaired) electrons. The fourth-order valence-corrected chi connectivity index (χ4v) is 4.14. The molecule has 0 amide bonds. The summed E-state index contributed by atoms with van der Waals surface area (Å²) in [6, 6.07) is 10.8. The van der Waals surface area contributed by atoms with Crippen LogP contribution in [0.15, 0.2) is 36.7 Å². The van der Waals surface area contributed by atoms with Gasteiger partial charge in [-0.1, -0.05) is 12.1 Å². The van der Waals surface area contributed by atoms with Gasteiger partial charge in [-0.3, -0.25) is 0 Å². The third-order valence-corrected chi connectivity index (χ3v) is 5.71. The maximum absolute atomic E-state index is 10.1. The molecule has 7 nitrogen and oxygen atoms in total. The van der Waals surface area contributed by atoms with Crippen LogP contribution in [0.2, 0.25) is 0 Å². The van der Waals surface area contributed by atoms with Gasteiger partial charge in [0.05, 0.1) is 13.2 Å². The van der Waals surface area contributed by atoms with Gasteiger partial charge in [-0.15, -0.1) is 0 Å². The molecule has 0 spiro atoms. The number of aliphatic hydroxyl groups is 1. The Kier molecular flexibility index (Phi) is 5.13. The van der Waals surface area contributed by atoms with E-state index in [1.807, 2.05) is 6.07 Å². The maximum Gasteiger partial charge on any atom is 0.134 e. The van der Waals surface area contributed by atoms with Gasteiger partial charge in [-0.2, -0.15) is 0 Å². The average Bonchev–Trinajstić information content (AvgIpc) is 3.01. The highest BCUT2D eigenvalue weighted by atomic mass is 16.5. The predicted molar refractivity (Wildman–Crippen MR) is 105 cm³/mol. The van der Waals surface area contributed by atoms with Crippen LogP contribution in [0.25, 0.3) is 0 Å². The molecule has 1 aliphatic heterocycles. The molecule has 4 rings (SSSR count). The SMILES string of the molecule is COc1cccc(C2CC(NC[C@H]3C[C@@H](O)CN3c3cc(N)ncn3)C2)c1. The molecule has 4 N–H and O–H groups in total. The van der Waals surface area contributed by atoms with Gasteiger partial charge in [0, 0.05) is 31.2 Å². The van der Waals surface area contributed by atoms with Crippen molar-refractivity contribution in [2.45, 2.75) is 43.4 Å². The summed E-state index contributed by atoms with van der Waals surface area (Å²) in [6.07, 6.45) is 4.14. The first kappa shape index (κ1) is 18.0. The Labute approximate surface area is 159 Å². The number of nitrogens with one attached hydrogen (secondary N) is 1. The standard InChI is InChI=1S/C20H27N5O2/c1-27-18-4-2-3-13(7-18)14-5-15(6-14)22-10-16-8-17(26)11-25(16)20-9-19(21)23-12-24-20/h2-4,7,9,12,14-17,22,26H,5-6,8,10-11H2,1H3,(H2,21,23,24)/t14?,15?,16-,17-/m1/s1. The molecule has 1 aromatic carbocycles. The Hall–Kier alpha value is -2.38. The molecule has 1 saturated heterocycles. The molecule has 2 heterocycles. The van der Waals surface area contributed by atoms with Crippen molar-refractivity contribution in [3.05, 3.63) is 42.2 Å². The zero-order chi connectivity index (χ0) is 18.8. The molecule has 2 aliphatic rings. The summed E-state index contributed by atoms with van der Waals surface area (Å²) in [7, 11) is 1.71. The molecule has 1 aliphatic carbocycles. The topological polar surface area (TPSA) is 96.5 Å². The number of nitrogens with two attached hydrogens (primary N) is 1. The largest absolute Gasteiger partial charge is 0.497 e. The van der Waals surface area contributed by atoms with Gasteiger partial charge in [-0.05, 0) is 42.9 Å². The fourth-order valence-electron chi connectivity index (χ4n) is 4.14. The Balaban J connectivity index is 1.31. The second-order valence-corrected chi connectivity index (χ2v) is 7.55. The van der Waals surface area contributed by atoms with Crippen molar-refractivity contribution in [3.8, 4) is 5.75 Å². The number of anilines is 2. The molecular formula is C20H27N5O2. The van der Waals surface area contributed by atoms with E-state index in [0.717, 1.165) is 37.4 Å². The van der Waals surface area contributed by atoms with E-state index in [0.29, 0.717) is 24.3 Å². The van der Waals surface area contributed by atoms with Crippen LogP contribution in [-0.4, -0.2) is 53.5 Å². The summed E-state index contributed by atoms with van der Waals surface area (Å²) < 4.78 is 5.32. The summed E-state index contributed by atoms with van der Waals surface area (Å²) >= 11 is 0. The average molecular weight is 369 g/mol. The number of hydrogen-bond acceptors (Lipinski definition) is 7. The monoisotopic (exact) mass is 369 g/mol. The van der Waals surface area contributed by atoms with E-state index >= 15 is 0 Å². The maximum atomic E-state index is 10.1. The van der Waals surface area contributed by atoms with Crippen LogP contribution in [0.5, 0.6) is 5.75 Å². The molecule has 1 aromatic heterocycles. The van der Waals surface area contributed by atoms with E-state index in [1.54, 1.807) is 13.2 Å². The van der Waals surface area contributed by atoms with Crippen LogP contribution in [-0.2, 0) is 0 Å². The summed E-state index contributed by atoms with van der Waals surface area (Å²) in [5, 5.41) is 13.8. The van der Waals surface area contributed by atoms with E-state index in [9.17, 15) is 5.11 Å². The summed E-state index contributed by atoms with van der Waals surface area (Å²) in [4.78, 5) is 10.4. The summed E-state index contributed by atoms with van der Waals surface area (Å²) in [5.41, 5.74) is 7.13. The van der Waals surface area contributed by atoms with Gasteiger partial charge < -0.3 is 25.8 Å². The highest BCUT2D eigenvalue weighted by molar-refractivity contribution is 5.48. The van der Waals surface area contributed by atoms with Gasteiger partial charge >= 0.3 is 0 Å². The zero-order valence-electron chi connectivity index (χ0n) is 15.6. The number of aliphatic hydroxyl groups excluding tert-OH is 1. The number of methoxy groups -OCH3 is 1. The first-order valence-electron chi connectivity index (χ1n) is 9.52. The van der Waals surface area contributed by atoms with Gasteiger partial charge in [0.1, 0.15) is 23.7 Å². The lowest BCUT2D eigenvalue weighted by atomic mass is 9.76. The van der Waals surface area contributed by atoms with Crippen LogP contribution in [0.1, 0.15) is 30.7 Å². The van der Waals surface area contributed by atoms with Gasteiger partial charge in [0.25, 0.3) is 0 Å². The molecule has 1 saturated carbocycles. The van der Waals surface area contributed by atoms with Crippen molar-refractivity contribution in [2.24, 2.45) is 0 Å². The lowest BCUT2D eigenvalue weighted by Gasteiger charge is -2.38. The molecule has 2 fully saturated rings. The van der Waals surface area contributed by atoms with Crippen LogP contribution < -0.4 is 20.7 Å². The highest BCUT2D eigenvalue weighted by Crippen LogP contribution is 2.38. The number of aromatic nitrogens is 2. The molecule has 2 atom stereocenters. The predicted octanol–water partition coefficient (Wildman–Crippen LogP) is 1.54. The fraction of sp³-hybridized carbons (Fsp3) is 0.500. The Bertz CT molecular complexity index is 780. The van der Waals surface area contributed by atoms with E-state index in [4.69, 9.17) is 10.5 Å². The minimum atomic E-state index is -0.334. The van der Waals surface area contributed by atoms with E-state index in [1.165, 1.54) is 11.9 Å². The quantitative estimate of drug-likeness (QED) is 0.711. The molecule has 144 valence electrons. The van der Waals surface area contributed by atoms with E-state index in [-0.39, 0.29) is 12.1 Å². The van der Waals surface area contributed by atoms with Crippen molar-refractivity contribution in [1.82, 2.24) is 15.3 Å². The summed E-state index contributed by atoms with van der Waals surface area (Å²) in [6.45, 7) is 1.41. The summed E-state index contributed by atoms with van der Waals surface area (Å²) in [5.74, 6) is 2.75. The smallest absolute Gasteiger partial charge is 0.134 e.